The van der Waals surface area contributed by atoms with Crippen LogP contribution in [0.15, 0.2) is 56.4 Å². The first kappa shape index (κ1) is 22.6. The molecular formula is C15H8BBrCl2F2N2O6S2. The van der Waals surface area contributed by atoms with E-state index >= 15 is 8.63 Å². The Morgan fingerprint density at radius 3 is 2.13 bits per heavy atom. The van der Waals surface area contributed by atoms with Crippen molar-refractivity contribution in [3.63, 3.8) is 0 Å². The Bertz CT molecular complexity index is 1480. The summed E-state index contributed by atoms with van der Waals surface area (Å²) >= 11 is 15.1. The van der Waals surface area contributed by atoms with Crippen molar-refractivity contribution in [2.45, 2.75) is 4.90 Å². The summed E-state index contributed by atoms with van der Waals surface area (Å²) in [6.07, 6.45) is 0.752. The van der Waals surface area contributed by atoms with Crippen LogP contribution >= 0.6 is 39.1 Å². The number of allylic oxidation sites excluding steroid dienone is 2. The third kappa shape index (κ3) is 3.41. The fourth-order valence-electron chi connectivity index (χ4n) is 3.47. The van der Waals surface area contributed by atoms with Crippen LogP contribution in [-0.4, -0.2) is 47.0 Å². The van der Waals surface area contributed by atoms with E-state index in [0.29, 0.717) is 4.47 Å². The molecule has 164 valence electrons. The molecule has 0 saturated carbocycles. The minimum atomic E-state index is -5.03. The van der Waals surface area contributed by atoms with E-state index in [1.54, 1.807) is 12.1 Å². The molecule has 2 aromatic rings. The smallest absolute Gasteiger partial charge is 0.389 e. The van der Waals surface area contributed by atoms with Gasteiger partial charge in [0.2, 0.25) is 5.17 Å². The highest BCUT2D eigenvalue weighted by Crippen LogP contribution is 2.45. The zero-order valence-electron chi connectivity index (χ0n) is 14.7. The Labute approximate surface area is 192 Å². The van der Waals surface area contributed by atoms with Crippen LogP contribution in [0.3, 0.4) is 0 Å². The average molecular weight is 576 g/mol. The normalized spacial score (nSPS) is 18.2. The standard InChI is InChI=1S/C15H8BBrCl2F2N2O6S2/c17-8-3-1-7(2-4-8)13-9-5-11(30(24,25)26)14(18)22(9)16(20,21)23-10(13)6-12(15(23)19)31(27,28)29/h1-6H,(H,24,25,26)(H,27,28,29). The van der Waals surface area contributed by atoms with Crippen LogP contribution < -0.4 is 0 Å². The van der Waals surface area contributed by atoms with Gasteiger partial charge in [0.15, 0.2) is 10.6 Å². The number of fused-ring (bicyclic) bond motifs is 2. The molecule has 0 fully saturated rings. The Kier molecular flexibility index (Phi) is 5.09. The van der Waals surface area contributed by atoms with Crippen LogP contribution in [0.4, 0.5) is 8.63 Å². The van der Waals surface area contributed by atoms with Crippen LogP contribution in [0, 0.1) is 0 Å². The van der Waals surface area contributed by atoms with E-state index in [4.69, 9.17) is 23.2 Å². The zero-order chi connectivity index (χ0) is 23.1. The molecule has 1 aromatic carbocycles. The average Bonchev–Trinajstić information content (AvgIpc) is 3.15. The lowest BCUT2D eigenvalue weighted by atomic mass is 9.86. The molecule has 0 unspecified atom stereocenters. The van der Waals surface area contributed by atoms with Crippen molar-refractivity contribution >= 4 is 77.1 Å². The van der Waals surface area contributed by atoms with Crippen molar-refractivity contribution in [3.8, 4) is 0 Å². The summed E-state index contributed by atoms with van der Waals surface area (Å²) in [6, 6.07) is 6.87. The van der Waals surface area contributed by atoms with Gasteiger partial charge in [-0.25, -0.2) is 0 Å². The molecule has 0 radical (unpaired) electrons. The van der Waals surface area contributed by atoms with E-state index in [-0.39, 0.29) is 20.1 Å². The van der Waals surface area contributed by atoms with Gasteiger partial charge in [0.25, 0.3) is 10.1 Å². The van der Waals surface area contributed by atoms with Crippen molar-refractivity contribution < 1.29 is 39.1 Å². The molecule has 0 amide bonds. The van der Waals surface area contributed by atoms with Gasteiger partial charge < -0.3 is 17.6 Å². The lowest BCUT2D eigenvalue weighted by Crippen LogP contribution is -2.50. The maximum atomic E-state index is 15.5. The summed E-state index contributed by atoms with van der Waals surface area (Å²) in [7, 11) is -9.95. The Balaban J connectivity index is 2.21. The first-order valence-electron chi connectivity index (χ1n) is 8.08. The number of hydrogen-bond acceptors (Lipinski definition) is 4. The molecule has 1 aromatic heterocycles. The van der Waals surface area contributed by atoms with Gasteiger partial charge >= 0.3 is 17.1 Å². The predicted molar refractivity (Wildman–Crippen MR) is 114 cm³/mol. The van der Waals surface area contributed by atoms with Crippen molar-refractivity contribution in [3.05, 3.63) is 67.9 Å². The summed E-state index contributed by atoms with van der Waals surface area (Å²) in [5, 5.41) is -2.00. The quantitative estimate of drug-likeness (QED) is 0.427. The van der Waals surface area contributed by atoms with Gasteiger partial charge in [0, 0.05) is 16.2 Å². The lowest BCUT2D eigenvalue weighted by Gasteiger charge is -2.31. The molecule has 0 aliphatic carbocycles. The first-order chi connectivity index (χ1) is 14.2. The van der Waals surface area contributed by atoms with Crippen molar-refractivity contribution in [2.24, 2.45) is 0 Å². The molecule has 2 N–H and O–H groups in total. The van der Waals surface area contributed by atoms with E-state index in [1.807, 2.05) is 0 Å². The van der Waals surface area contributed by atoms with Crippen molar-refractivity contribution in [2.75, 3.05) is 0 Å². The van der Waals surface area contributed by atoms with Crippen LogP contribution in [0.5, 0.6) is 0 Å². The molecule has 0 bridgehead atoms. The molecule has 0 saturated heterocycles. The number of halogens is 5. The number of benzene rings is 1. The SMILES string of the molecule is O=S(=O)(O)C1=CC2=C(c3ccc(Br)cc3)c3cc(S(=O)(=O)O)c(Cl)n3[B-](F)(F)[N+]2=C1Cl. The molecule has 2 aliphatic heterocycles. The van der Waals surface area contributed by atoms with E-state index in [9.17, 15) is 25.9 Å². The van der Waals surface area contributed by atoms with Gasteiger partial charge in [-0.2, -0.15) is 16.8 Å². The third-order valence-electron chi connectivity index (χ3n) is 4.71. The second-order valence-corrected chi connectivity index (χ2v) is 10.9. The topological polar surface area (TPSA) is 117 Å². The van der Waals surface area contributed by atoms with Gasteiger partial charge in [-0.3, -0.25) is 9.11 Å². The molecular weight excluding hydrogens is 568 g/mol. The van der Waals surface area contributed by atoms with Crippen molar-refractivity contribution in [1.82, 2.24) is 4.48 Å². The number of nitrogens with zero attached hydrogens (tertiary/aromatic N) is 2. The van der Waals surface area contributed by atoms with Crippen LogP contribution in [0.2, 0.25) is 5.15 Å². The summed E-state index contributed by atoms with van der Waals surface area (Å²) in [4.78, 5) is -1.92. The molecule has 0 atom stereocenters. The largest absolute Gasteiger partial charge is 0.739 e. The molecule has 0 spiro atoms. The maximum Gasteiger partial charge on any atom is 0.739 e. The van der Waals surface area contributed by atoms with E-state index in [0.717, 1.165) is 12.1 Å². The summed E-state index contributed by atoms with van der Waals surface area (Å²) < 4.78 is 97.6. The van der Waals surface area contributed by atoms with Crippen LogP contribution in [0.25, 0.3) is 5.57 Å². The predicted octanol–water partition coefficient (Wildman–Crippen LogP) is 3.58. The first-order valence-corrected chi connectivity index (χ1v) is 12.5. The maximum absolute atomic E-state index is 15.5. The van der Waals surface area contributed by atoms with Crippen molar-refractivity contribution in [1.29, 1.82) is 0 Å². The fourth-order valence-corrected chi connectivity index (χ4v) is 5.99. The van der Waals surface area contributed by atoms with E-state index in [2.05, 4.69) is 15.9 Å². The van der Waals surface area contributed by atoms with E-state index < -0.39 is 58.7 Å². The van der Waals surface area contributed by atoms with Gasteiger partial charge in [-0.05, 0) is 35.4 Å². The molecule has 3 heterocycles. The Morgan fingerprint density at radius 2 is 1.61 bits per heavy atom. The van der Waals surface area contributed by atoms with E-state index in [1.165, 1.54) is 12.1 Å². The number of aromatic nitrogens is 1. The molecule has 8 nitrogen and oxygen atoms in total. The molecule has 4 rings (SSSR count). The fraction of sp³-hybridized carbons (Fsp3) is 0. The summed E-state index contributed by atoms with van der Waals surface area (Å²) in [5.74, 6) is 0. The number of hydrogen-bond donors (Lipinski definition) is 2. The minimum absolute atomic E-state index is 0.0612. The van der Waals surface area contributed by atoms with Gasteiger partial charge in [0.1, 0.15) is 10.0 Å². The zero-order valence-corrected chi connectivity index (χ0v) is 19.4. The summed E-state index contributed by atoms with van der Waals surface area (Å²) in [6.45, 7) is -5.03. The van der Waals surface area contributed by atoms with Gasteiger partial charge in [-0.15, -0.1) is 0 Å². The second-order valence-electron chi connectivity index (χ2n) is 6.53. The second kappa shape index (κ2) is 6.97. The Hall–Kier alpha value is -1.55. The minimum Gasteiger partial charge on any atom is -0.389 e. The van der Waals surface area contributed by atoms with Gasteiger partial charge in [0.05, 0.1) is 5.57 Å². The highest BCUT2D eigenvalue weighted by molar-refractivity contribution is 9.10. The Morgan fingerprint density at radius 1 is 1.03 bits per heavy atom. The van der Waals surface area contributed by atoms with Crippen LogP contribution in [0.1, 0.15) is 11.3 Å². The van der Waals surface area contributed by atoms with Gasteiger partial charge in [-0.1, -0.05) is 39.7 Å². The molecule has 16 heteroatoms. The van der Waals surface area contributed by atoms with Crippen LogP contribution in [-0.2, 0) is 20.2 Å². The molecule has 2 aliphatic rings. The summed E-state index contributed by atoms with van der Waals surface area (Å²) in [5.41, 5.74) is -0.611. The molecule has 31 heavy (non-hydrogen) atoms. The lowest BCUT2D eigenvalue weighted by molar-refractivity contribution is -0.358. The monoisotopic (exact) mass is 574 g/mol. The highest BCUT2D eigenvalue weighted by atomic mass is 79.9. The highest BCUT2D eigenvalue weighted by Gasteiger charge is 2.57. The third-order valence-corrected chi connectivity index (χ3v) is 7.96. The number of rotatable bonds is 3.